The molecule has 1 aliphatic carbocycles. The van der Waals surface area contributed by atoms with Gasteiger partial charge in [0.25, 0.3) is 0 Å². The topological polar surface area (TPSA) is 95.9 Å². The fourth-order valence-electron chi connectivity index (χ4n) is 2.55. The number of carbonyl (C=O) groups excluding carboxylic acids is 1. The first-order valence-electron chi connectivity index (χ1n) is 6.99. The number of carboxylic acid groups (broad SMARTS) is 1. The van der Waals surface area contributed by atoms with Crippen LogP contribution in [0.4, 0.5) is 4.79 Å². The van der Waals surface area contributed by atoms with E-state index in [1.807, 2.05) is 0 Å². The van der Waals surface area contributed by atoms with Crippen molar-refractivity contribution >= 4 is 12.1 Å². The molecular weight excluding hydrogens is 262 g/mol. The van der Waals surface area contributed by atoms with Gasteiger partial charge < -0.3 is 20.3 Å². The van der Waals surface area contributed by atoms with Gasteiger partial charge in [0.1, 0.15) is 6.61 Å². The Morgan fingerprint density at radius 2 is 2.00 bits per heavy atom. The lowest BCUT2D eigenvalue weighted by molar-refractivity contribution is -0.148. The highest BCUT2D eigenvalue weighted by Gasteiger charge is 2.30. The summed E-state index contributed by atoms with van der Waals surface area (Å²) in [5, 5.41) is 21.1. The lowest BCUT2D eigenvalue weighted by Crippen LogP contribution is -2.48. The molecule has 1 amide bonds. The maximum atomic E-state index is 11.5. The number of aliphatic carboxylic acids is 1. The Kier molecular flexibility index (Phi) is 7.08. The van der Waals surface area contributed by atoms with Gasteiger partial charge in [0.05, 0.1) is 6.04 Å². The van der Waals surface area contributed by atoms with Crippen molar-refractivity contribution in [1.29, 1.82) is 0 Å². The van der Waals surface area contributed by atoms with E-state index >= 15 is 0 Å². The van der Waals surface area contributed by atoms with Crippen molar-refractivity contribution < 1.29 is 24.5 Å². The van der Waals surface area contributed by atoms with E-state index in [0.717, 1.165) is 25.7 Å². The number of aliphatic hydroxyl groups is 1. The van der Waals surface area contributed by atoms with Crippen molar-refractivity contribution in [2.75, 3.05) is 6.61 Å². The predicted molar refractivity (Wildman–Crippen MR) is 73.3 cm³/mol. The van der Waals surface area contributed by atoms with Crippen molar-refractivity contribution in [3.8, 4) is 0 Å². The van der Waals surface area contributed by atoms with Crippen LogP contribution < -0.4 is 5.32 Å². The molecular formula is C14H23NO5. The lowest BCUT2D eigenvalue weighted by Gasteiger charge is -2.28. The van der Waals surface area contributed by atoms with Crippen LogP contribution in [0.3, 0.4) is 0 Å². The number of hydrogen-bond donors (Lipinski definition) is 3. The number of carboxylic acids is 1. The largest absolute Gasteiger partial charge is 0.479 e. The summed E-state index contributed by atoms with van der Waals surface area (Å²) in [6, 6.07) is -0.826. The van der Waals surface area contributed by atoms with Gasteiger partial charge in [-0.25, -0.2) is 9.59 Å². The monoisotopic (exact) mass is 285 g/mol. The third kappa shape index (κ3) is 5.61. The Bertz CT molecular complexity index is 338. The molecule has 0 aromatic carbocycles. The van der Waals surface area contributed by atoms with Gasteiger partial charge in [-0.1, -0.05) is 44.8 Å². The summed E-state index contributed by atoms with van der Waals surface area (Å²) in [4.78, 5) is 22.4. The fraction of sp³-hybridized carbons (Fsp3) is 0.714. The summed E-state index contributed by atoms with van der Waals surface area (Å²) in [6.07, 6.45) is 4.96. The number of amides is 1. The summed E-state index contributed by atoms with van der Waals surface area (Å²) in [5.74, 6) is -1.00. The minimum Gasteiger partial charge on any atom is -0.479 e. The third-order valence-corrected chi connectivity index (χ3v) is 3.58. The molecule has 6 heteroatoms. The van der Waals surface area contributed by atoms with Crippen molar-refractivity contribution in [2.24, 2.45) is 5.92 Å². The maximum Gasteiger partial charge on any atom is 0.407 e. The van der Waals surface area contributed by atoms with Gasteiger partial charge >= 0.3 is 12.1 Å². The number of ether oxygens (including phenoxy) is 1. The minimum atomic E-state index is -1.62. The lowest BCUT2D eigenvalue weighted by atomic mass is 9.83. The number of aliphatic hydroxyl groups excluding tert-OH is 1. The van der Waals surface area contributed by atoms with E-state index in [0.29, 0.717) is 12.3 Å². The number of nitrogens with one attached hydrogen (secondary N) is 1. The first-order valence-corrected chi connectivity index (χ1v) is 6.99. The van der Waals surface area contributed by atoms with Gasteiger partial charge in [0, 0.05) is 0 Å². The quantitative estimate of drug-likeness (QED) is 0.618. The predicted octanol–water partition coefficient (Wildman–Crippen LogP) is 1.68. The van der Waals surface area contributed by atoms with Gasteiger partial charge in [-0.3, -0.25) is 0 Å². The van der Waals surface area contributed by atoms with Crippen LogP contribution in [0.2, 0.25) is 0 Å². The maximum absolute atomic E-state index is 11.5. The van der Waals surface area contributed by atoms with E-state index in [2.05, 4.69) is 11.9 Å². The molecule has 0 saturated heterocycles. The molecule has 6 nitrogen and oxygen atoms in total. The molecule has 0 bridgehead atoms. The Balaban J connectivity index is 2.56. The molecule has 0 aromatic rings. The molecule has 1 aliphatic rings. The first kappa shape index (κ1) is 16.5. The van der Waals surface area contributed by atoms with Gasteiger partial charge in [-0.15, -0.1) is 0 Å². The summed E-state index contributed by atoms with van der Waals surface area (Å²) < 4.78 is 4.77. The fourth-order valence-corrected chi connectivity index (χ4v) is 2.55. The third-order valence-electron chi connectivity index (χ3n) is 3.58. The summed E-state index contributed by atoms with van der Waals surface area (Å²) in [5.41, 5.74) is 0. The molecule has 3 N–H and O–H groups in total. The number of carbonyl (C=O) groups is 2. The van der Waals surface area contributed by atoms with Crippen molar-refractivity contribution in [1.82, 2.24) is 5.32 Å². The highest BCUT2D eigenvalue weighted by atomic mass is 16.5. The molecule has 20 heavy (non-hydrogen) atoms. The molecule has 2 unspecified atom stereocenters. The molecule has 0 heterocycles. The van der Waals surface area contributed by atoms with Crippen LogP contribution >= 0.6 is 0 Å². The van der Waals surface area contributed by atoms with Crippen LogP contribution in [0.25, 0.3) is 0 Å². The Morgan fingerprint density at radius 1 is 1.35 bits per heavy atom. The minimum absolute atomic E-state index is 0.0468. The highest BCUT2D eigenvalue weighted by Crippen LogP contribution is 2.28. The van der Waals surface area contributed by atoms with Crippen molar-refractivity contribution in [2.45, 2.75) is 50.7 Å². The van der Waals surface area contributed by atoms with Gasteiger partial charge in [-0.2, -0.15) is 0 Å². The second kappa shape index (κ2) is 8.58. The standard InChI is InChI=1S/C14H23NO5/c1-2-8-20-14(19)15-11(12(16)13(17)18)9-10-6-4-3-5-7-10/h2,10-12,16H,1,3-9H2,(H,15,19)(H,17,18). The zero-order valence-electron chi connectivity index (χ0n) is 11.6. The molecule has 1 rings (SSSR count). The Labute approximate surface area is 118 Å². The van der Waals surface area contributed by atoms with Crippen LogP contribution in [0.1, 0.15) is 38.5 Å². The summed E-state index contributed by atoms with van der Waals surface area (Å²) in [6.45, 7) is 3.47. The number of alkyl carbamates (subject to hydrolysis) is 1. The highest BCUT2D eigenvalue weighted by molar-refractivity contribution is 5.75. The molecule has 1 saturated carbocycles. The van der Waals surface area contributed by atoms with E-state index in [1.165, 1.54) is 12.5 Å². The Morgan fingerprint density at radius 3 is 2.55 bits per heavy atom. The summed E-state index contributed by atoms with van der Waals surface area (Å²) in [7, 11) is 0. The molecule has 114 valence electrons. The number of rotatable bonds is 7. The van der Waals surface area contributed by atoms with Gasteiger partial charge in [0.15, 0.2) is 6.10 Å². The zero-order chi connectivity index (χ0) is 15.0. The molecule has 1 fully saturated rings. The van der Waals surface area contributed by atoms with E-state index in [9.17, 15) is 14.7 Å². The average Bonchev–Trinajstić information content (AvgIpc) is 2.44. The van der Waals surface area contributed by atoms with E-state index in [1.54, 1.807) is 0 Å². The van der Waals surface area contributed by atoms with Crippen LogP contribution in [0.15, 0.2) is 12.7 Å². The van der Waals surface area contributed by atoms with Gasteiger partial charge in [0.2, 0.25) is 0 Å². The number of hydrogen-bond acceptors (Lipinski definition) is 4. The summed E-state index contributed by atoms with van der Waals surface area (Å²) >= 11 is 0. The smallest absolute Gasteiger partial charge is 0.407 e. The van der Waals surface area contributed by atoms with Gasteiger partial charge in [-0.05, 0) is 12.3 Å². The zero-order valence-corrected chi connectivity index (χ0v) is 11.6. The first-order chi connectivity index (χ1) is 9.54. The molecule has 0 aliphatic heterocycles. The van der Waals surface area contributed by atoms with Crippen LogP contribution in [0.5, 0.6) is 0 Å². The second-order valence-electron chi connectivity index (χ2n) is 5.16. The van der Waals surface area contributed by atoms with E-state index in [-0.39, 0.29) is 6.61 Å². The van der Waals surface area contributed by atoms with Crippen molar-refractivity contribution in [3.63, 3.8) is 0 Å². The van der Waals surface area contributed by atoms with Crippen LogP contribution in [-0.2, 0) is 9.53 Å². The molecule has 0 radical (unpaired) electrons. The molecule has 2 atom stereocenters. The Hall–Kier alpha value is -1.56. The average molecular weight is 285 g/mol. The van der Waals surface area contributed by atoms with Crippen LogP contribution in [0, 0.1) is 5.92 Å². The molecule has 0 aromatic heterocycles. The van der Waals surface area contributed by atoms with Crippen LogP contribution in [-0.4, -0.2) is 41.0 Å². The van der Waals surface area contributed by atoms with E-state index in [4.69, 9.17) is 9.84 Å². The SMILES string of the molecule is C=CCOC(=O)NC(CC1CCCCC1)C(O)C(=O)O. The second-order valence-corrected chi connectivity index (χ2v) is 5.16. The normalized spacial score (nSPS) is 18.9. The molecule has 0 spiro atoms. The van der Waals surface area contributed by atoms with E-state index < -0.39 is 24.2 Å². The van der Waals surface area contributed by atoms with Crippen molar-refractivity contribution in [3.05, 3.63) is 12.7 Å².